The average Bonchev–Trinajstić information content (AvgIpc) is 3.45. The second-order valence-electron chi connectivity index (χ2n) is 6.46. The first-order chi connectivity index (χ1) is 12.5. The van der Waals surface area contributed by atoms with Crippen molar-refractivity contribution in [2.45, 2.75) is 19.4 Å². The number of nitrogens with one attached hydrogen (secondary N) is 1. The van der Waals surface area contributed by atoms with Crippen molar-refractivity contribution in [2.75, 3.05) is 19.0 Å². The van der Waals surface area contributed by atoms with Gasteiger partial charge in [-0.3, -0.25) is 9.59 Å². The summed E-state index contributed by atoms with van der Waals surface area (Å²) >= 11 is 0. The van der Waals surface area contributed by atoms with Crippen LogP contribution in [0.4, 0.5) is 10.1 Å². The molecule has 1 saturated carbocycles. The summed E-state index contributed by atoms with van der Waals surface area (Å²) in [7, 11) is 1.64. The number of rotatable bonds is 7. The number of nitrogens with zero attached hydrogens (tertiary/aromatic N) is 1. The summed E-state index contributed by atoms with van der Waals surface area (Å²) in [5, 5.41) is 2.84. The van der Waals surface area contributed by atoms with Crippen molar-refractivity contribution < 1.29 is 18.7 Å². The third-order valence-electron chi connectivity index (χ3n) is 4.15. The summed E-state index contributed by atoms with van der Waals surface area (Å²) in [5.74, 6) is 0.100. The van der Waals surface area contributed by atoms with E-state index in [0.29, 0.717) is 23.5 Å². The number of carbonyl (C=O) groups excluding carboxylic acids is 2. The van der Waals surface area contributed by atoms with Crippen LogP contribution in [0.2, 0.25) is 0 Å². The molecule has 2 amide bonds. The number of halogens is 1. The molecule has 0 atom stereocenters. The second kappa shape index (κ2) is 7.99. The van der Waals surface area contributed by atoms with Crippen LogP contribution in [0.15, 0.2) is 48.5 Å². The third-order valence-corrected chi connectivity index (χ3v) is 4.15. The van der Waals surface area contributed by atoms with Gasteiger partial charge in [0.25, 0.3) is 5.91 Å². The highest BCUT2D eigenvalue weighted by molar-refractivity contribution is 5.94. The Hall–Kier alpha value is -2.89. The third kappa shape index (κ3) is 5.05. The van der Waals surface area contributed by atoms with Gasteiger partial charge in [-0.15, -0.1) is 0 Å². The maximum absolute atomic E-state index is 13.2. The maximum Gasteiger partial charge on any atom is 0.260 e. The Bertz CT molecular complexity index is 805. The van der Waals surface area contributed by atoms with Crippen molar-refractivity contribution >= 4 is 17.5 Å². The van der Waals surface area contributed by atoms with Gasteiger partial charge in [-0.1, -0.05) is 18.2 Å². The van der Waals surface area contributed by atoms with E-state index in [1.165, 1.54) is 17.0 Å². The van der Waals surface area contributed by atoms with Crippen LogP contribution in [0.5, 0.6) is 5.75 Å². The SMILES string of the molecule is CN(Cc1cccc(F)c1)C(=O)COc1cccc(NC(=O)C2CC2)c1. The summed E-state index contributed by atoms with van der Waals surface area (Å²) < 4.78 is 18.7. The van der Waals surface area contributed by atoms with Crippen LogP contribution < -0.4 is 10.1 Å². The summed E-state index contributed by atoms with van der Waals surface area (Å²) in [6.07, 6.45) is 1.88. The van der Waals surface area contributed by atoms with E-state index >= 15 is 0 Å². The minimum absolute atomic E-state index is 0.0213. The van der Waals surface area contributed by atoms with Crippen molar-refractivity contribution in [1.82, 2.24) is 4.90 Å². The summed E-state index contributed by atoms with van der Waals surface area (Å²) in [6, 6.07) is 13.1. The van der Waals surface area contributed by atoms with Crippen molar-refractivity contribution in [3.63, 3.8) is 0 Å². The van der Waals surface area contributed by atoms with Gasteiger partial charge in [-0.25, -0.2) is 4.39 Å². The molecule has 1 N–H and O–H groups in total. The molecule has 0 aliphatic heterocycles. The summed E-state index contributed by atoms with van der Waals surface area (Å²) in [6.45, 7) is 0.170. The van der Waals surface area contributed by atoms with Gasteiger partial charge in [0.1, 0.15) is 11.6 Å². The lowest BCUT2D eigenvalue weighted by atomic mass is 10.2. The van der Waals surface area contributed by atoms with Crippen LogP contribution in [-0.2, 0) is 16.1 Å². The molecule has 1 aliphatic carbocycles. The first-order valence-corrected chi connectivity index (χ1v) is 8.53. The minimum atomic E-state index is -0.329. The van der Waals surface area contributed by atoms with E-state index in [4.69, 9.17) is 4.74 Å². The van der Waals surface area contributed by atoms with E-state index in [-0.39, 0.29) is 30.2 Å². The maximum atomic E-state index is 13.2. The molecule has 0 saturated heterocycles. The molecule has 6 heteroatoms. The van der Waals surface area contributed by atoms with E-state index < -0.39 is 0 Å². The molecule has 0 aromatic heterocycles. The molecule has 5 nitrogen and oxygen atoms in total. The van der Waals surface area contributed by atoms with E-state index in [1.807, 2.05) is 0 Å². The summed E-state index contributed by atoms with van der Waals surface area (Å²) in [4.78, 5) is 25.5. The quantitative estimate of drug-likeness (QED) is 0.829. The van der Waals surface area contributed by atoms with E-state index in [0.717, 1.165) is 12.8 Å². The molecular formula is C20H21FN2O3. The van der Waals surface area contributed by atoms with E-state index in [9.17, 15) is 14.0 Å². The molecule has 26 heavy (non-hydrogen) atoms. The molecule has 1 aliphatic rings. The van der Waals surface area contributed by atoms with Crippen molar-refractivity contribution in [3.8, 4) is 5.75 Å². The Balaban J connectivity index is 1.51. The van der Waals surface area contributed by atoms with Crippen LogP contribution in [0, 0.1) is 11.7 Å². The average molecular weight is 356 g/mol. The Morgan fingerprint density at radius 3 is 2.69 bits per heavy atom. The monoisotopic (exact) mass is 356 g/mol. The first kappa shape index (κ1) is 17.9. The molecule has 136 valence electrons. The van der Waals surface area contributed by atoms with E-state index in [1.54, 1.807) is 43.4 Å². The number of benzene rings is 2. The summed E-state index contributed by atoms with van der Waals surface area (Å²) in [5.41, 5.74) is 1.37. The van der Waals surface area contributed by atoms with Gasteiger partial charge in [0.15, 0.2) is 6.61 Å². The number of anilines is 1. The minimum Gasteiger partial charge on any atom is -0.484 e. The lowest BCUT2D eigenvalue weighted by Crippen LogP contribution is -2.31. The Morgan fingerprint density at radius 2 is 1.96 bits per heavy atom. The zero-order chi connectivity index (χ0) is 18.5. The standard InChI is InChI=1S/C20H21FN2O3/c1-23(12-14-4-2-5-16(21)10-14)19(24)13-26-18-7-3-6-17(11-18)22-20(25)15-8-9-15/h2-7,10-11,15H,8-9,12-13H2,1H3,(H,22,25). The Morgan fingerprint density at radius 1 is 1.19 bits per heavy atom. The van der Waals surface area contributed by atoms with Crippen molar-refractivity contribution in [2.24, 2.45) is 5.92 Å². The fourth-order valence-electron chi connectivity index (χ4n) is 2.51. The molecular weight excluding hydrogens is 335 g/mol. The lowest BCUT2D eigenvalue weighted by Gasteiger charge is -2.18. The zero-order valence-electron chi connectivity index (χ0n) is 14.6. The second-order valence-corrected chi connectivity index (χ2v) is 6.46. The van der Waals surface area contributed by atoms with Crippen LogP contribution >= 0.6 is 0 Å². The van der Waals surface area contributed by atoms with Crippen LogP contribution in [-0.4, -0.2) is 30.4 Å². The largest absolute Gasteiger partial charge is 0.484 e. The number of carbonyl (C=O) groups is 2. The highest BCUT2D eigenvalue weighted by Crippen LogP contribution is 2.30. The van der Waals surface area contributed by atoms with Crippen LogP contribution in [0.25, 0.3) is 0 Å². The molecule has 0 unspecified atom stereocenters. The predicted molar refractivity (Wildman–Crippen MR) is 96.2 cm³/mol. The topological polar surface area (TPSA) is 58.6 Å². The molecule has 3 rings (SSSR count). The fraction of sp³-hybridized carbons (Fsp3) is 0.300. The van der Waals surface area contributed by atoms with Crippen molar-refractivity contribution in [3.05, 3.63) is 59.9 Å². The highest BCUT2D eigenvalue weighted by atomic mass is 19.1. The van der Waals surface area contributed by atoms with Gasteiger partial charge in [0, 0.05) is 31.3 Å². The van der Waals surface area contributed by atoms with Gasteiger partial charge in [-0.2, -0.15) is 0 Å². The smallest absolute Gasteiger partial charge is 0.260 e. The van der Waals surface area contributed by atoms with Crippen LogP contribution in [0.1, 0.15) is 18.4 Å². The molecule has 0 spiro atoms. The van der Waals surface area contributed by atoms with Gasteiger partial charge in [0.05, 0.1) is 0 Å². The molecule has 0 heterocycles. The van der Waals surface area contributed by atoms with E-state index in [2.05, 4.69) is 5.32 Å². The number of ether oxygens (including phenoxy) is 1. The predicted octanol–water partition coefficient (Wildman–Crippen LogP) is 3.21. The fourth-order valence-corrected chi connectivity index (χ4v) is 2.51. The molecule has 2 aromatic rings. The number of hydrogen-bond donors (Lipinski definition) is 1. The lowest BCUT2D eigenvalue weighted by molar-refractivity contribution is -0.132. The number of amides is 2. The Labute approximate surface area is 151 Å². The molecule has 2 aromatic carbocycles. The van der Waals surface area contributed by atoms with Gasteiger partial charge in [0.2, 0.25) is 5.91 Å². The number of hydrogen-bond acceptors (Lipinski definition) is 3. The zero-order valence-corrected chi connectivity index (χ0v) is 14.6. The van der Waals surface area contributed by atoms with Gasteiger partial charge >= 0.3 is 0 Å². The molecule has 0 radical (unpaired) electrons. The first-order valence-electron chi connectivity index (χ1n) is 8.53. The normalized spacial score (nSPS) is 13.2. The highest BCUT2D eigenvalue weighted by Gasteiger charge is 2.29. The van der Waals surface area contributed by atoms with Crippen molar-refractivity contribution in [1.29, 1.82) is 0 Å². The van der Waals surface area contributed by atoms with Gasteiger partial charge < -0.3 is 15.0 Å². The number of likely N-dealkylation sites (N-methyl/N-ethyl adjacent to an activating group) is 1. The molecule has 0 bridgehead atoms. The van der Waals surface area contributed by atoms with Crippen LogP contribution in [0.3, 0.4) is 0 Å². The van der Waals surface area contributed by atoms with Gasteiger partial charge in [-0.05, 0) is 42.7 Å². The molecule has 1 fully saturated rings. The Kier molecular flexibility index (Phi) is 5.51.